The minimum atomic E-state index is -3.43. The smallest absolute Gasteiger partial charge is 0.252 e. The monoisotopic (exact) mass is 423 g/mol. The van der Waals surface area contributed by atoms with E-state index >= 15 is 0 Å². The first-order chi connectivity index (χ1) is 13.4. The normalized spacial score (nSPS) is 17.2. The maximum absolute atomic E-state index is 12.6. The third-order valence-corrected chi connectivity index (χ3v) is 7.99. The van der Waals surface area contributed by atoms with Gasteiger partial charge in [-0.1, -0.05) is 6.07 Å². The fraction of sp³-hybridized carbons (Fsp3) is 0.421. The van der Waals surface area contributed by atoms with Crippen molar-refractivity contribution in [1.29, 1.82) is 0 Å². The molecule has 1 aliphatic rings. The molecule has 3 rings (SSSR count). The van der Waals surface area contributed by atoms with Crippen molar-refractivity contribution in [2.24, 2.45) is 0 Å². The minimum Gasteiger partial charge on any atom is -0.494 e. The Morgan fingerprint density at radius 1 is 1.18 bits per heavy atom. The second kappa shape index (κ2) is 9.04. The quantitative estimate of drug-likeness (QED) is 0.740. The molecule has 1 saturated heterocycles. The van der Waals surface area contributed by atoms with Crippen LogP contribution in [-0.2, 0) is 14.8 Å². The van der Waals surface area contributed by atoms with Gasteiger partial charge in [-0.05, 0) is 49.6 Å². The highest BCUT2D eigenvalue weighted by Crippen LogP contribution is 2.23. The average molecular weight is 424 g/mol. The van der Waals surface area contributed by atoms with Gasteiger partial charge in [-0.2, -0.15) is 4.31 Å². The third-order valence-electron chi connectivity index (χ3n) is 4.72. The molecule has 1 fully saturated rings. The number of hydrogen-bond acceptors (Lipinski definition) is 6. The Morgan fingerprint density at radius 3 is 2.43 bits per heavy atom. The number of nitrogens with zero attached hydrogens (tertiary/aromatic N) is 2. The molecule has 1 aromatic heterocycles. The summed E-state index contributed by atoms with van der Waals surface area (Å²) in [4.78, 5) is 14.6. The molecule has 1 atom stereocenters. The number of hydrogen-bond donors (Lipinski definition) is 1. The lowest BCUT2D eigenvalue weighted by molar-refractivity contribution is -0.121. The second-order valence-electron chi connectivity index (χ2n) is 6.49. The lowest BCUT2D eigenvalue weighted by Crippen LogP contribution is -2.53. The van der Waals surface area contributed by atoms with Gasteiger partial charge < -0.3 is 10.1 Å². The Morgan fingerprint density at radius 2 is 1.86 bits per heavy atom. The van der Waals surface area contributed by atoms with Crippen molar-refractivity contribution < 1.29 is 17.9 Å². The lowest BCUT2D eigenvalue weighted by atomic mass is 10.2. The molecule has 0 saturated carbocycles. The average Bonchev–Trinajstić information content (AvgIpc) is 3.25. The number of anilines is 1. The lowest BCUT2D eigenvalue weighted by Gasteiger charge is -2.36. The van der Waals surface area contributed by atoms with Crippen LogP contribution in [-0.4, -0.2) is 62.4 Å². The molecule has 152 valence electrons. The van der Waals surface area contributed by atoms with Gasteiger partial charge in [0.15, 0.2) is 0 Å². The molecular weight excluding hydrogens is 398 g/mol. The molecule has 2 aromatic rings. The van der Waals surface area contributed by atoms with Crippen molar-refractivity contribution in [3.05, 3.63) is 41.8 Å². The molecule has 0 radical (unpaired) electrons. The van der Waals surface area contributed by atoms with Gasteiger partial charge in [0, 0.05) is 31.9 Å². The largest absolute Gasteiger partial charge is 0.494 e. The zero-order valence-corrected chi connectivity index (χ0v) is 17.6. The fourth-order valence-electron chi connectivity index (χ4n) is 3.08. The van der Waals surface area contributed by atoms with E-state index in [0.717, 1.165) is 5.75 Å². The third kappa shape index (κ3) is 4.72. The molecule has 9 heteroatoms. The predicted molar refractivity (Wildman–Crippen MR) is 110 cm³/mol. The predicted octanol–water partition coefficient (Wildman–Crippen LogP) is 2.48. The second-order valence-corrected chi connectivity index (χ2v) is 9.61. The van der Waals surface area contributed by atoms with E-state index in [0.29, 0.717) is 42.7 Å². The summed E-state index contributed by atoms with van der Waals surface area (Å²) in [5.41, 5.74) is 0.708. The van der Waals surface area contributed by atoms with Crippen LogP contribution in [0.4, 0.5) is 5.69 Å². The molecule has 1 amide bonds. The van der Waals surface area contributed by atoms with Gasteiger partial charge in [0.25, 0.3) is 10.0 Å². The first kappa shape index (κ1) is 20.8. The van der Waals surface area contributed by atoms with Crippen LogP contribution < -0.4 is 10.1 Å². The van der Waals surface area contributed by atoms with Gasteiger partial charge in [-0.25, -0.2) is 8.42 Å². The summed E-state index contributed by atoms with van der Waals surface area (Å²) in [5.74, 6) is 0.648. The van der Waals surface area contributed by atoms with Crippen molar-refractivity contribution in [2.45, 2.75) is 24.1 Å². The Bertz CT molecular complexity index is 874. The summed E-state index contributed by atoms with van der Waals surface area (Å²) < 4.78 is 32.5. The van der Waals surface area contributed by atoms with E-state index in [1.165, 1.54) is 15.6 Å². The molecule has 2 heterocycles. The Balaban J connectivity index is 1.54. The molecule has 0 spiro atoms. The van der Waals surface area contributed by atoms with E-state index in [2.05, 4.69) is 5.32 Å². The van der Waals surface area contributed by atoms with E-state index in [1.807, 2.05) is 30.9 Å². The van der Waals surface area contributed by atoms with Gasteiger partial charge in [0.05, 0.1) is 12.6 Å². The molecule has 1 N–H and O–H groups in total. The first-order valence-corrected chi connectivity index (χ1v) is 11.5. The number of thiophene rings is 1. The Labute approximate surface area is 170 Å². The van der Waals surface area contributed by atoms with Crippen molar-refractivity contribution in [2.75, 3.05) is 38.1 Å². The zero-order valence-electron chi connectivity index (χ0n) is 16.0. The Hall–Kier alpha value is -1.94. The van der Waals surface area contributed by atoms with Gasteiger partial charge >= 0.3 is 0 Å². The molecule has 28 heavy (non-hydrogen) atoms. The molecule has 0 aliphatic carbocycles. The van der Waals surface area contributed by atoms with Crippen molar-refractivity contribution >= 4 is 33.0 Å². The summed E-state index contributed by atoms with van der Waals surface area (Å²) >= 11 is 1.22. The summed E-state index contributed by atoms with van der Waals surface area (Å²) in [6.45, 7) is 6.14. The van der Waals surface area contributed by atoms with Crippen LogP contribution in [0.1, 0.15) is 13.8 Å². The van der Waals surface area contributed by atoms with Gasteiger partial charge in [0.2, 0.25) is 5.91 Å². The number of sulfonamides is 1. The summed E-state index contributed by atoms with van der Waals surface area (Å²) in [7, 11) is -3.43. The standard InChI is InChI=1S/C19H25N3O4S2/c1-3-26-17-8-6-16(7-9-17)20-19(23)15(2)21-10-12-22(13-11-21)28(24,25)18-5-4-14-27-18/h4-9,14-15H,3,10-13H2,1-2H3,(H,20,23)/t15-/m0/s1. The van der Waals surface area contributed by atoms with E-state index in [-0.39, 0.29) is 11.9 Å². The van der Waals surface area contributed by atoms with Crippen molar-refractivity contribution in [3.63, 3.8) is 0 Å². The van der Waals surface area contributed by atoms with Crippen LogP contribution in [0, 0.1) is 0 Å². The van der Waals surface area contributed by atoms with E-state index in [1.54, 1.807) is 29.6 Å². The maximum atomic E-state index is 12.6. The SMILES string of the molecule is CCOc1ccc(NC(=O)[C@H](C)N2CCN(S(=O)(=O)c3cccs3)CC2)cc1. The topological polar surface area (TPSA) is 79.0 Å². The summed E-state index contributed by atoms with van der Waals surface area (Å²) in [6.07, 6.45) is 0. The number of nitrogens with one attached hydrogen (secondary N) is 1. The van der Waals surface area contributed by atoms with Crippen molar-refractivity contribution in [3.8, 4) is 5.75 Å². The van der Waals surface area contributed by atoms with Crippen LogP contribution >= 0.6 is 11.3 Å². The molecule has 0 unspecified atom stereocenters. The van der Waals surface area contributed by atoms with E-state index < -0.39 is 10.0 Å². The highest BCUT2D eigenvalue weighted by molar-refractivity contribution is 7.91. The summed E-state index contributed by atoms with van der Waals surface area (Å²) in [5, 5.41) is 4.67. The van der Waals surface area contributed by atoms with Crippen molar-refractivity contribution in [1.82, 2.24) is 9.21 Å². The number of benzene rings is 1. The maximum Gasteiger partial charge on any atom is 0.252 e. The van der Waals surface area contributed by atoms with Crippen LogP contribution in [0.3, 0.4) is 0 Å². The minimum absolute atomic E-state index is 0.112. The highest BCUT2D eigenvalue weighted by atomic mass is 32.2. The molecule has 1 aromatic carbocycles. The van der Waals surface area contributed by atoms with Gasteiger partial charge in [-0.3, -0.25) is 9.69 Å². The van der Waals surface area contributed by atoms with Crippen LogP contribution in [0.15, 0.2) is 46.0 Å². The molecular formula is C19H25N3O4S2. The van der Waals surface area contributed by atoms with E-state index in [9.17, 15) is 13.2 Å². The first-order valence-electron chi connectivity index (χ1n) is 9.23. The molecule has 1 aliphatic heterocycles. The van der Waals surface area contributed by atoms with Gasteiger partial charge in [0.1, 0.15) is 9.96 Å². The molecule has 7 nitrogen and oxygen atoms in total. The number of rotatable bonds is 7. The zero-order chi connectivity index (χ0) is 20.1. The Kier molecular flexibility index (Phi) is 6.71. The summed E-state index contributed by atoms with van der Waals surface area (Å²) in [6, 6.07) is 10.3. The number of piperazine rings is 1. The van der Waals surface area contributed by atoms with Crippen LogP contribution in [0.25, 0.3) is 0 Å². The van der Waals surface area contributed by atoms with Crippen LogP contribution in [0.2, 0.25) is 0 Å². The fourth-order valence-corrected chi connectivity index (χ4v) is 5.65. The number of carbonyl (C=O) groups excluding carboxylic acids is 1. The van der Waals surface area contributed by atoms with Gasteiger partial charge in [-0.15, -0.1) is 11.3 Å². The number of ether oxygens (including phenoxy) is 1. The van der Waals surface area contributed by atoms with Crippen LogP contribution in [0.5, 0.6) is 5.75 Å². The number of amides is 1. The molecule has 0 bridgehead atoms. The number of carbonyl (C=O) groups is 1. The highest BCUT2D eigenvalue weighted by Gasteiger charge is 2.32. The van der Waals surface area contributed by atoms with E-state index in [4.69, 9.17) is 4.74 Å².